The van der Waals surface area contributed by atoms with E-state index in [-0.39, 0.29) is 30.1 Å². The van der Waals surface area contributed by atoms with Gasteiger partial charge in [-0.05, 0) is 26.3 Å². The van der Waals surface area contributed by atoms with Crippen molar-refractivity contribution in [2.75, 3.05) is 32.8 Å². The highest BCUT2D eigenvalue weighted by molar-refractivity contribution is 14.0. The molecule has 2 saturated heterocycles. The number of hydrogen-bond acceptors (Lipinski definition) is 5. The third-order valence-electron chi connectivity index (χ3n) is 4.49. The summed E-state index contributed by atoms with van der Waals surface area (Å²) >= 11 is 0. The number of aliphatic imine (C=N–C) groups is 1. The molecule has 0 spiro atoms. The van der Waals surface area contributed by atoms with E-state index in [4.69, 9.17) is 4.74 Å². The zero-order valence-corrected chi connectivity index (χ0v) is 16.8. The number of fused-ring (bicyclic) bond motifs is 1. The van der Waals surface area contributed by atoms with E-state index in [9.17, 15) is 0 Å². The fraction of sp³-hybridized carbons (Fsp3) is 0.800. The first-order valence-electron chi connectivity index (χ1n) is 8.47. The van der Waals surface area contributed by atoms with E-state index in [0.29, 0.717) is 12.6 Å². The Hall–Kier alpha value is -0.940. The number of halogens is 1. The van der Waals surface area contributed by atoms with E-state index in [1.807, 2.05) is 7.05 Å². The molecule has 0 aliphatic carbocycles. The van der Waals surface area contributed by atoms with Gasteiger partial charge < -0.3 is 15.4 Å². The number of aryl methyl sites for hydroxylation is 1. The van der Waals surface area contributed by atoms with Crippen LogP contribution >= 0.6 is 24.0 Å². The lowest BCUT2D eigenvalue weighted by molar-refractivity contribution is -0.0453. The molecule has 2 N–H and O–H groups in total. The molecule has 2 atom stereocenters. The second kappa shape index (κ2) is 9.52. The van der Waals surface area contributed by atoms with Gasteiger partial charge in [-0.2, -0.15) is 5.10 Å². The maximum Gasteiger partial charge on any atom is 0.191 e. The minimum atomic E-state index is 0. The summed E-state index contributed by atoms with van der Waals surface area (Å²) in [5.41, 5.74) is 0. The van der Waals surface area contributed by atoms with Gasteiger partial charge in [0, 0.05) is 32.7 Å². The summed E-state index contributed by atoms with van der Waals surface area (Å²) in [6.45, 7) is 7.25. The Kier molecular flexibility index (Phi) is 7.69. The van der Waals surface area contributed by atoms with Crippen LogP contribution in [0.1, 0.15) is 25.6 Å². The summed E-state index contributed by atoms with van der Waals surface area (Å²) in [7, 11) is 1.88. The molecule has 2 aliphatic rings. The number of ether oxygens (including phenoxy) is 1. The van der Waals surface area contributed by atoms with Gasteiger partial charge >= 0.3 is 0 Å². The number of rotatable bonds is 5. The van der Waals surface area contributed by atoms with Crippen molar-refractivity contribution in [1.82, 2.24) is 30.3 Å². The molecule has 2 fully saturated rings. The number of nitrogens with one attached hydrogen (secondary N) is 2. The minimum Gasteiger partial charge on any atom is -0.373 e. The van der Waals surface area contributed by atoms with Crippen LogP contribution in [0.5, 0.6) is 0 Å². The Morgan fingerprint density at radius 3 is 3.08 bits per heavy atom. The predicted octanol–water partition coefficient (Wildman–Crippen LogP) is 0.351. The van der Waals surface area contributed by atoms with E-state index < -0.39 is 0 Å². The summed E-state index contributed by atoms with van der Waals surface area (Å²) in [6, 6.07) is 0.643. The van der Waals surface area contributed by atoms with Crippen molar-refractivity contribution in [1.29, 1.82) is 0 Å². The number of morpholine rings is 1. The van der Waals surface area contributed by atoms with Crippen LogP contribution in [0, 0.1) is 0 Å². The molecule has 0 amide bonds. The van der Waals surface area contributed by atoms with E-state index in [2.05, 4.69) is 37.5 Å². The third kappa shape index (κ3) is 5.03. The van der Waals surface area contributed by atoms with Crippen LogP contribution in [0.25, 0.3) is 0 Å². The van der Waals surface area contributed by atoms with E-state index in [1.54, 1.807) is 11.0 Å². The summed E-state index contributed by atoms with van der Waals surface area (Å²) < 4.78 is 7.72. The van der Waals surface area contributed by atoms with Crippen LogP contribution in [-0.2, 0) is 18.3 Å². The second-order valence-electron chi connectivity index (χ2n) is 6.12. The van der Waals surface area contributed by atoms with Crippen molar-refractivity contribution in [3.05, 3.63) is 12.2 Å². The lowest BCUT2D eigenvalue weighted by Gasteiger charge is -2.35. The third-order valence-corrected chi connectivity index (χ3v) is 4.49. The molecule has 0 aromatic carbocycles. The molecule has 0 bridgehead atoms. The molecule has 1 aromatic heterocycles. The molecule has 2 aliphatic heterocycles. The highest BCUT2D eigenvalue weighted by Crippen LogP contribution is 2.22. The number of hydrogen-bond donors (Lipinski definition) is 2. The number of aromatic nitrogens is 3. The molecule has 1 aromatic rings. The largest absolute Gasteiger partial charge is 0.373 e. The Balaban J connectivity index is 0.00000208. The maximum absolute atomic E-state index is 5.98. The lowest BCUT2D eigenvalue weighted by Crippen LogP contribution is -2.51. The zero-order valence-electron chi connectivity index (χ0n) is 14.4. The van der Waals surface area contributed by atoms with Gasteiger partial charge in [0.05, 0.1) is 12.7 Å². The van der Waals surface area contributed by atoms with E-state index >= 15 is 0 Å². The fourth-order valence-electron chi connectivity index (χ4n) is 3.17. The van der Waals surface area contributed by atoms with Crippen LogP contribution in [0.4, 0.5) is 0 Å². The van der Waals surface area contributed by atoms with Crippen LogP contribution in [0.15, 0.2) is 11.3 Å². The summed E-state index contributed by atoms with van der Waals surface area (Å²) in [5, 5.41) is 10.7. The van der Waals surface area contributed by atoms with Crippen LogP contribution in [0.2, 0.25) is 0 Å². The normalized spacial score (nSPS) is 24.3. The standard InChI is InChI=1S/C15H27N7O.HI/c1-3-16-15(18-8-14-19-11-20-21(14)2)17-7-13-9-22-6-4-5-12(22)10-23-13;/h11-13H,3-10H2,1-2H3,(H2,16,17,18);1H. The summed E-state index contributed by atoms with van der Waals surface area (Å²) in [6.07, 6.45) is 4.36. The molecule has 0 radical (unpaired) electrons. The Morgan fingerprint density at radius 2 is 2.33 bits per heavy atom. The molecule has 2 unspecified atom stereocenters. The van der Waals surface area contributed by atoms with Gasteiger partial charge in [-0.25, -0.2) is 9.98 Å². The molecule has 136 valence electrons. The first-order valence-corrected chi connectivity index (χ1v) is 8.47. The maximum atomic E-state index is 5.98. The minimum absolute atomic E-state index is 0. The highest BCUT2D eigenvalue weighted by atomic mass is 127. The smallest absolute Gasteiger partial charge is 0.191 e. The van der Waals surface area contributed by atoms with Crippen molar-refractivity contribution in [3.63, 3.8) is 0 Å². The van der Waals surface area contributed by atoms with Crippen molar-refractivity contribution in [2.45, 2.75) is 38.5 Å². The van der Waals surface area contributed by atoms with Crippen LogP contribution in [0.3, 0.4) is 0 Å². The Bertz CT molecular complexity index is 536. The molecule has 9 heteroatoms. The second-order valence-corrected chi connectivity index (χ2v) is 6.12. The van der Waals surface area contributed by atoms with Crippen molar-refractivity contribution < 1.29 is 4.74 Å². The van der Waals surface area contributed by atoms with E-state index in [0.717, 1.165) is 38.0 Å². The first-order chi connectivity index (χ1) is 11.3. The first kappa shape index (κ1) is 19.4. The molecule has 24 heavy (non-hydrogen) atoms. The van der Waals surface area contributed by atoms with Crippen molar-refractivity contribution >= 4 is 29.9 Å². The molecule has 8 nitrogen and oxygen atoms in total. The topological polar surface area (TPSA) is 79.6 Å². The van der Waals surface area contributed by atoms with Gasteiger partial charge in [0.2, 0.25) is 0 Å². The predicted molar refractivity (Wildman–Crippen MR) is 104 cm³/mol. The SMILES string of the molecule is CCNC(=NCc1ncnn1C)NCC1CN2CCCC2CO1.I. The highest BCUT2D eigenvalue weighted by Gasteiger charge is 2.32. The molecule has 3 heterocycles. The van der Waals surface area contributed by atoms with Gasteiger partial charge in [-0.15, -0.1) is 24.0 Å². The van der Waals surface area contributed by atoms with Gasteiger partial charge in [-0.3, -0.25) is 9.58 Å². The average Bonchev–Trinajstić information content (AvgIpc) is 3.18. The fourth-order valence-corrected chi connectivity index (χ4v) is 3.17. The van der Waals surface area contributed by atoms with Crippen LogP contribution in [-0.4, -0.2) is 70.6 Å². The lowest BCUT2D eigenvalue weighted by atomic mass is 10.2. The summed E-state index contributed by atoms with van der Waals surface area (Å²) in [5.74, 6) is 1.64. The number of guanidine groups is 1. The average molecular weight is 449 g/mol. The van der Waals surface area contributed by atoms with Crippen molar-refractivity contribution in [3.8, 4) is 0 Å². The quantitative estimate of drug-likeness (QED) is 0.384. The Morgan fingerprint density at radius 1 is 1.46 bits per heavy atom. The molecule has 3 rings (SSSR count). The van der Waals surface area contributed by atoms with Gasteiger partial charge in [0.1, 0.15) is 18.7 Å². The van der Waals surface area contributed by atoms with E-state index in [1.165, 1.54) is 19.4 Å². The van der Waals surface area contributed by atoms with Crippen LogP contribution < -0.4 is 10.6 Å². The van der Waals surface area contributed by atoms with Gasteiger partial charge in [0.25, 0.3) is 0 Å². The monoisotopic (exact) mass is 449 g/mol. The van der Waals surface area contributed by atoms with Crippen molar-refractivity contribution in [2.24, 2.45) is 12.0 Å². The van der Waals surface area contributed by atoms with Gasteiger partial charge in [0.15, 0.2) is 5.96 Å². The molecule has 0 saturated carbocycles. The summed E-state index contributed by atoms with van der Waals surface area (Å²) in [4.78, 5) is 11.3. The molecular formula is C15H28IN7O. The Labute approximate surface area is 160 Å². The number of nitrogens with zero attached hydrogens (tertiary/aromatic N) is 5. The molecular weight excluding hydrogens is 421 g/mol. The van der Waals surface area contributed by atoms with Gasteiger partial charge in [-0.1, -0.05) is 0 Å². The zero-order chi connectivity index (χ0) is 16.1.